The van der Waals surface area contributed by atoms with Gasteiger partial charge in [0, 0.05) is 29.4 Å². The van der Waals surface area contributed by atoms with E-state index in [4.69, 9.17) is 27.9 Å². The first-order valence-corrected chi connectivity index (χ1v) is 7.27. The van der Waals surface area contributed by atoms with Crippen LogP contribution >= 0.6 is 23.2 Å². The summed E-state index contributed by atoms with van der Waals surface area (Å²) in [5.41, 5.74) is 1.07. The van der Waals surface area contributed by atoms with E-state index in [1.807, 2.05) is 6.07 Å². The zero-order chi connectivity index (χ0) is 13.9. The molecule has 0 aliphatic heterocycles. The number of pyridine rings is 1. The van der Waals surface area contributed by atoms with E-state index in [0.717, 1.165) is 12.1 Å². The first-order valence-electron chi connectivity index (χ1n) is 6.51. The predicted octanol–water partition coefficient (Wildman–Crippen LogP) is 4.43. The Kier molecular flexibility index (Phi) is 4.10. The highest BCUT2D eigenvalue weighted by molar-refractivity contribution is 6.35. The third kappa shape index (κ3) is 3.42. The lowest BCUT2D eigenvalue weighted by molar-refractivity contribution is 0.470. The molecule has 0 bridgehead atoms. The molecule has 1 fully saturated rings. The lowest BCUT2D eigenvalue weighted by Crippen LogP contribution is -2.15. The summed E-state index contributed by atoms with van der Waals surface area (Å²) >= 11 is 12.0. The number of benzene rings is 1. The van der Waals surface area contributed by atoms with Gasteiger partial charge in [-0.1, -0.05) is 23.2 Å². The number of aromatic nitrogens is 1. The summed E-state index contributed by atoms with van der Waals surface area (Å²) in [6, 6.07) is 7.78. The number of nitrogens with one attached hydrogen (secondary N) is 1. The molecule has 1 aliphatic rings. The first kappa shape index (κ1) is 13.7. The number of nitrogens with zero attached hydrogens (tertiary/aromatic N) is 1. The summed E-state index contributed by atoms with van der Waals surface area (Å²) in [5, 5.41) is 4.54. The van der Waals surface area contributed by atoms with Crippen molar-refractivity contribution in [3.63, 3.8) is 0 Å². The standard InChI is InChI=1S/C15H14Cl2N2O/c16-11-1-4-14(13(17)7-11)20-15-9-18-6-5-10(15)8-19-12-2-3-12/h1,4-7,9,12,19H,2-3,8H2. The Bertz CT molecular complexity index is 615. The number of hydrogen-bond donors (Lipinski definition) is 1. The van der Waals surface area contributed by atoms with E-state index in [2.05, 4.69) is 10.3 Å². The first-order chi connectivity index (χ1) is 9.72. The third-order valence-corrected chi connectivity index (χ3v) is 3.67. The van der Waals surface area contributed by atoms with Gasteiger partial charge in [0.15, 0.2) is 0 Å². The van der Waals surface area contributed by atoms with Crippen LogP contribution in [0.2, 0.25) is 10.0 Å². The van der Waals surface area contributed by atoms with Crippen LogP contribution in [0.3, 0.4) is 0 Å². The van der Waals surface area contributed by atoms with E-state index >= 15 is 0 Å². The molecule has 0 atom stereocenters. The fraction of sp³-hybridized carbons (Fsp3) is 0.267. The molecule has 1 heterocycles. The van der Waals surface area contributed by atoms with Gasteiger partial charge in [-0.3, -0.25) is 4.98 Å². The molecule has 0 unspecified atom stereocenters. The second-order valence-electron chi connectivity index (χ2n) is 4.82. The van der Waals surface area contributed by atoms with Crippen molar-refractivity contribution in [3.05, 3.63) is 52.3 Å². The van der Waals surface area contributed by atoms with Gasteiger partial charge in [-0.2, -0.15) is 0 Å². The topological polar surface area (TPSA) is 34.1 Å². The van der Waals surface area contributed by atoms with Gasteiger partial charge < -0.3 is 10.1 Å². The van der Waals surface area contributed by atoms with E-state index in [9.17, 15) is 0 Å². The lowest BCUT2D eigenvalue weighted by atomic mass is 10.2. The predicted molar refractivity (Wildman–Crippen MR) is 80.6 cm³/mol. The fourth-order valence-corrected chi connectivity index (χ4v) is 2.31. The molecule has 1 saturated carbocycles. The maximum absolute atomic E-state index is 6.12. The Balaban J connectivity index is 1.78. The van der Waals surface area contributed by atoms with Crippen LogP contribution in [0.4, 0.5) is 0 Å². The molecule has 0 spiro atoms. The SMILES string of the molecule is Clc1ccc(Oc2cnccc2CNC2CC2)c(Cl)c1. The van der Waals surface area contributed by atoms with Gasteiger partial charge in [0.1, 0.15) is 11.5 Å². The summed E-state index contributed by atoms with van der Waals surface area (Å²) in [5.74, 6) is 1.29. The van der Waals surface area contributed by atoms with Crippen molar-refractivity contribution in [2.45, 2.75) is 25.4 Å². The molecule has 0 amide bonds. The van der Waals surface area contributed by atoms with Gasteiger partial charge in [0.25, 0.3) is 0 Å². The Hall–Kier alpha value is -1.29. The number of hydrogen-bond acceptors (Lipinski definition) is 3. The van der Waals surface area contributed by atoms with Gasteiger partial charge in [-0.05, 0) is 37.1 Å². The van der Waals surface area contributed by atoms with Crippen molar-refractivity contribution in [1.82, 2.24) is 10.3 Å². The smallest absolute Gasteiger partial charge is 0.150 e. The summed E-state index contributed by atoms with van der Waals surface area (Å²) in [6.07, 6.45) is 5.98. The van der Waals surface area contributed by atoms with Crippen molar-refractivity contribution in [1.29, 1.82) is 0 Å². The largest absolute Gasteiger partial charge is 0.454 e. The minimum Gasteiger partial charge on any atom is -0.454 e. The quantitative estimate of drug-likeness (QED) is 0.887. The Labute approximate surface area is 127 Å². The molecule has 3 rings (SSSR count). The molecular formula is C15H14Cl2N2O. The highest BCUT2D eigenvalue weighted by atomic mass is 35.5. The molecule has 0 radical (unpaired) electrons. The minimum atomic E-state index is 0.488. The van der Waals surface area contributed by atoms with Crippen LogP contribution in [-0.4, -0.2) is 11.0 Å². The molecular weight excluding hydrogens is 295 g/mol. The van der Waals surface area contributed by atoms with Gasteiger partial charge in [-0.15, -0.1) is 0 Å². The van der Waals surface area contributed by atoms with Crippen molar-refractivity contribution >= 4 is 23.2 Å². The van der Waals surface area contributed by atoms with Gasteiger partial charge in [-0.25, -0.2) is 0 Å². The lowest BCUT2D eigenvalue weighted by Gasteiger charge is -2.12. The summed E-state index contributed by atoms with van der Waals surface area (Å²) in [4.78, 5) is 4.11. The van der Waals surface area contributed by atoms with Gasteiger partial charge in [0.2, 0.25) is 0 Å². The van der Waals surface area contributed by atoms with Crippen molar-refractivity contribution < 1.29 is 4.74 Å². The molecule has 1 aromatic heterocycles. The van der Waals surface area contributed by atoms with Crippen LogP contribution in [-0.2, 0) is 6.54 Å². The van der Waals surface area contributed by atoms with E-state index in [0.29, 0.717) is 27.6 Å². The van der Waals surface area contributed by atoms with Crippen LogP contribution in [0.25, 0.3) is 0 Å². The number of halogens is 2. The van der Waals surface area contributed by atoms with Crippen LogP contribution in [0.5, 0.6) is 11.5 Å². The average Bonchev–Trinajstić information content (AvgIpc) is 3.25. The second-order valence-corrected chi connectivity index (χ2v) is 5.66. The summed E-state index contributed by atoms with van der Waals surface area (Å²) < 4.78 is 5.85. The van der Waals surface area contributed by atoms with E-state index in [-0.39, 0.29) is 0 Å². The molecule has 1 N–H and O–H groups in total. The van der Waals surface area contributed by atoms with Gasteiger partial charge in [0.05, 0.1) is 11.2 Å². The highest BCUT2D eigenvalue weighted by Crippen LogP contribution is 2.33. The zero-order valence-electron chi connectivity index (χ0n) is 10.8. The van der Waals surface area contributed by atoms with E-state index in [1.54, 1.807) is 30.6 Å². The molecule has 1 aliphatic carbocycles. The Morgan fingerprint density at radius 2 is 2.05 bits per heavy atom. The Morgan fingerprint density at radius 3 is 2.80 bits per heavy atom. The molecule has 3 nitrogen and oxygen atoms in total. The van der Waals surface area contributed by atoms with E-state index in [1.165, 1.54) is 12.8 Å². The number of rotatable bonds is 5. The monoisotopic (exact) mass is 308 g/mol. The molecule has 5 heteroatoms. The third-order valence-electron chi connectivity index (χ3n) is 3.14. The normalized spacial score (nSPS) is 14.3. The fourth-order valence-electron chi connectivity index (χ4n) is 1.86. The molecule has 20 heavy (non-hydrogen) atoms. The molecule has 1 aromatic carbocycles. The average molecular weight is 309 g/mol. The second kappa shape index (κ2) is 6.00. The molecule has 2 aromatic rings. The Morgan fingerprint density at radius 1 is 1.20 bits per heavy atom. The summed E-state index contributed by atoms with van der Waals surface area (Å²) in [7, 11) is 0. The highest BCUT2D eigenvalue weighted by Gasteiger charge is 2.20. The van der Waals surface area contributed by atoms with Crippen LogP contribution in [0.1, 0.15) is 18.4 Å². The zero-order valence-corrected chi connectivity index (χ0v) is 12.3. The van der Waals surface area contributed by atoms with Crippen molar-refractivity contribution in [2.75, 3.05) is 0 Å². The van der Waals surface area contributed by atoms with Crippen LogP contribution < -0.4 is 10.1 Å². The van der Waals surface area contributed by atoms with Crippen molar-refractivity contribution in [2.24, 2.45) is 0 Å². The maximum atomic E-state index is 6.12. The van der Waals surface area contributed by atoms with E-state index < -0.39 is 0 Å². The molecule has 0 saturated heterocycles. The molecule has 104 valence electrons. The maximum Gasteiger partial charge on any atom is 0.150 e. The van der Waals surface area contributed by atoms with Crippen LogP contribution in [0, 0.1) is 0 Å². The van der Waals surface area contributed by atoms with Gasteiger partial charge >= 0.3 is 0 Å². The minimum absolute atomic E-state index is 0.488. The van der Waals surface area contributed by atoms with Crippen LogP contribution in [0.15, 0.2) is 36.7 Å². The number of ether oxygens (including phenoxy) is 1. The van der Waals surface area contributed by atoms with Crippen molar-refractivity contribution in [3.8, 4) is 11.5 Å². The summed E-state index contributed by atoms with van der Waals surface area (Å²) in [6.45, 7) is 0.772.